The molecule has 0 aromatic carbocycles. The molecule has 1 unspecified atom stereocenters. The van der Waals surface area contributed by atoms with E-state index in [4.69, 9.17) is 0 Å². The van der Waals surface area contributed by atoms with Gasteiger partial charge in [0.25, 0.3) is 10.0 Å². The second kappa shape index (κ2) is 7.00. The van der Waals surface area contributed by atoms with Crippen molar-refractivity contribution in [2.24, 2.45) is 0 Å². The number of hydrogen-bond donors (Lipinski definition) is 1. The van der Waals surface area contributed by atoms with Crippen LogP contribution < -0.4 is 0 Å². The quantitative estimate of drug-likeness (QED) is 0.827. The predicted molar refractivity (Wildman–Crippen MR) is 82.6 cm³/mol. The van der Waals surface area contributed by atoms with Crippen molar-refractivity contribution in [1.29, 1.82) is 0 Å². The molecule has 0 radical (unpaired) electrons. The number of nitrogens with zero attached hydrogens (tertiary/aromatic N) is 2. The third kappa shape index (κ3) is 3.79. The zero-order valence-corrected chi connectivity index (χ0v) is 14.4. The molecule has 1 aromatic heterocycles. The number of thiophene rings is 1. The molecular formula is C13H24N2O3S2. The van der Waals surface area contributed by atoms with Crippen LogP contribution in [0.15, 0.2) is 10.3 Å². The van der Waals surface area contributed by atoms with Gasteiger partial charge in [0.05, 0.1) is 6.61 Å². The molecule has 20 heavy (non-hydrogen) atoms. The van der Waals surface area contributed by atoms with Gasteiger partial charge in [0.2, 0.25) is 0 Å². The molecule has 1 aromatic rings. The highest BCUT2D eigenvalue weighted by atomic mass is 32.2. The molecule has 1 heterocycles. The number of rotatable bonds is 7. The Hall–Kier alpha value is -0.470. The van der Waals surface area contributed by atoms with Crippen LogP contribution in [0.1, 0.15) is 24.3 Å². The van der Waals surface area contributed by atoms with E-state index < -0.39 is 10.0 Å². The van der Waals surface area contributed by atoms with Crippen molar-refractivity contribution >= 4 is 21.4 Å². The molecule has 0 amide bonds. The van der Waals surface area contributed by atoms with Gasteiger partial charge in [-0.1, -0.05) is 6.92 Å². The summed E-state index contributed by atoms with van der Waals surface area (Å²) in [7, 11) is 0.360. The fourth-order valence-corrected chi connectivity index (χ4v) is 5.44. The van der Waals surface area contributed by atoms with Crippen molar-refractivity contribution in [1.82, 2.24) is 9.21 Å². The van der Waals surface area contributed by atoms with Crippen LogP contribution in [0.2, 0.25) is 0 Å². The first-order valence-corrected chi connectivity index (χ1v) is 8.86. The average molecular weight is 320 g/mol. The Morgan fingerprint density at radius 3 is 2.40 bits per heavy atom. The Morgan fingerprint density at radius 2 is 2.00 bits per heavy atom. The Bertz CT molecular complexity index is 538. The van der Waals surface area contributed by atoms with Gasteiger partial charge in [-0.3, -0.25) is 0 Å². The minimum absolute atomic E-state index is 0.0972. The van der Waals surface area contributed by atoms with Gasteiger partial charge in [0.1, 0.15) is 4.21 Å². The molecule has 0 saturated carbocycles. The lowest BCUT2D eigenvalue weighted by Gasteiger charge is -2.28. The van der Waals surface area contributed by atoms with Gasteiger partial charge in [-0.05, 0) is 39.6 Å². The Kier molecular flexibility index (Phi) is 6.15. The second-order valence-electron chi connectivity index (χ2n) is 5.15. The van der Waals surface area contributed by atoms with Crippen molar-refractivity contribution in [3.05, 3.63) is 16.5 Å². The first-order chi connectivity index (χ1) is 9.23. The lowest BCUT2D eigenvalue weighted by molar-refractivity contribution is 0.272. The van der Waals surface area contributed by atoms with Crippen LogP contribution in [0.3, 0.4) is 0 Å². The summed E-state index contributed by atoms with van der Waals surface area (Å²) in [4.78, 5) is 2.68. The van der Waals surface area contributed by atoms with E-state index in [1.165, 1.54) is 4.31 Å². The highest BCUT2D eigenvalue weighted by Crippen LogP contribution is 2.29. The number of aliphatic hydroxyl groups excluding tert-OH is 1. The fourth-order valence-electron chi connectivity index (χ4n) is 2.23. The molecule has 1 atom stereocenters. The van der Waals surface area contributed by atoms with Crippen molar-refractivity contribution in [2.75, 3.05) is 27.2 Å². The Labute approximate surface area is 125 Å². The van der Waals surface area contributed by atoms with Crippen molar-refractivity contribution in [3.8, 4) is 0 Å². The lowest BCUT2D eigenvalue weighted by atomic mass is 10.3. The molecule has 0 spiro atoms. The maximum Gasteiger partial charge on any atom is 0.252 e. The number of hydrogen-bond acceptors (Lipinski definition) is 5. The van der Waals surface area contributed by atoms with Crippen molar-refractivity contribution in [3.63, 3.8) is 0 Å². The molecule has 0 bridgehead atoms. The normalized spacial score (nSPS) is 14.2. The van der Waals surface area contributed by atoms with E-state index >= 15 is 0 Å². The molecule has 1 rings (SSSR count). The van der Waals surface area contributed by atoms with E-state index in [0.29, 0.717) is 22.2 Å². The van der Waals surface area contributed by atoms with Gasteiger partial charge in [0, 0.05) is 24.0 Å². The standard InChI is InChI=1S/C13H24N2O3S2/c1-6-15(11(3)8-14(4)5)20(17,18)13-7-10(2)12(9-16)19-13/h7,11,16H,6,8-9H2,1-5H3. The summed E-state index contributed by atoms with van der Waals surface area (Å²) in [5.41, 5.74) is 0.826. The van der Waals surface area contributed by atoms with E-state index in [-0.39, 0.29) is 12.6 Å². The second-order valence-corrected chi connectivity index (χ2v) is 8.40. The number of aryl methyl sites for hydroxylation is 1. The van der Waals surface area contributed by atoms with Gasteiger partial charge in [0.15, 0.2) is 0 Å². The third-order valence-corrected chi connectivity index (χ3v) is 6.90. The maximum atomic E-state index is 12.7. The lowest BCUT2D eigenvalue weighted by Crippen LogP contribution is -2.43. The molecule has 7 heteroatoms. The van der Waals surface area contributed by atoms with Crippen LogP contribution in [0.4, 0.5) is 0 Å². The summed E-state index contributed by atoms with van der Waals surface area (Å²) in [6.45, 7) is 6.56. The monoisotopic (exact) mass is 320 g/mol. The summed E-state index contributed by atoms with van der Waals surface area (Å²) in [6, 6.07) is 1.55. The first kappa shape index (κ1) is 17.6. The molecule has 0 fully saturated rings. The van der Waals surface area contributed by atoms with Gasteiger partial charge < -0.3 is 10.0 Å². The van der Waals surface area contributed by atoms with E-state index in [1.807, 2.05) is 39.8 Å². The van der Waals surface area contributed by atoms with Crippen LogP contribution in [-0.4, -0.2) is 56.0 Å². The zero-order chi connectivity index (χ0) is 15.5. The molecule has 0 aliphatic heterocycles. The molecule has 116 valence electrons. The Balaban J connectivity index is 3.11. The topological polar surface area (TPSA) is 60.9 Å². The zero-order valence-electron chi connectivity index (χ0n) is 12.8. The van der Waals surface area contributed by atoms with Gasteiger partial charge >= 0.3 is 0 Å². The van der Waals surface area contributed by atoms with Gasteiger partial charge in [-0.2, -0.15) is 4.31 Å². The van der Waals surface area contributed by atoms with Crippen LogP contribution in [-0.2, 0) is 16.6 Å². The molecule has 0 aliphatic carbocycles. The van der Waals surface area contributed by atoms with Crippen LogP contribution in [0.5, 0.6) is 0 Å². The first-order valence-electron chi connectivity index (χ1n) is 6.60. The van der Waals surface area contributed by atoms with Crippen LogP contribution in [0.25, 0.3) is 0 Å². The molecule has 0 saturated heterocycles. The predicted octanol–water partition coefficient (Wildman–Crippen LogP) is 1.51. The van der Waals surface area contributed by atoms with E-state index in [2.05, 4.69) is 0 Å². The smallest absolute Gasteiger partial charge is 0.252 e. The van der Waals surface area contributed by atoms with E-state index in [9.17, 15) is 13.5 Å². The van der Waals surface area contributed by atoms with Crippen LogP contribution >= 0.6 is 11.3 Å². The van der Waals surface area contributed by atoms with Gasteiger partial charge in [-0.15, -0.1) is 11.3 Å². The molecular weight excluding hydrogens is 296 g/mol. The summed E-state index contributed by atoms with van der Waals surface area (Å²) in [5.74, 6) is 0. The minimum Gasteiger partial charge on any atom is -0.391 e. The largest absolute Gasteiger partial charge is 0.391 e. The van der Waals surface area contributed by atoms with Crippen molar-refractivity contribution in [2.45, 2.75) is 37.6 Å². The summed E-state index contributed by atoms with van der Waals surface area (Å²) in [6.07, 6.45) is 0. The molecule has 5 nitrogen and oxygen atoms in total. The number of likely N-dealkylation sites (N-methyl/N-ethyl adjacent to an activating group) is 2. The highest BCUT2D eigenvalue weighted by Gasteiger charge is 2.29. The Morgan fingerprint density at radius 1 is 1.40 bits per heavy atom. The third-order valence-electron chi connectivity index (χ3n) is 3.14. The molecule has 1 N–H and O–H groups in total. The fraction of sp³-hybridized carbons (Fsp3) is 0.692. The average Bonchev–Trinajstić information content (AvgIpc) is 2.70. The number of aliphatic hydroxyl groups is 1. The SMILES string of the molecule is CCN(C(C)CN(C)C)S(=O)(=O)c1cc(C)c(CO)s1. The van der Waals surface area contributed by atoms with Gasteiger partial charge in [-0.25, -0.2) is 8.42 Å². The summed E-state index contributed by atoms with van der Waals surface area (Å²) >= 11 is 1.15. The highest BCUT2D eigenvalue weighted by molar-refractivity contribution is 7.91. The maximum absolute atomic E-state index is 12.7. The van der Waals surface area contributed by atoms with Crippen LogP contribution in [0, 0.1) is 6.92 Å². The van der Waals surface area contributed by atoms with E-state index in [1.54, 1.807) is 6.07 Å². The van der Waals surface area contributed by atoms with E-state index in [0.717, 1.165) is 16.9 Å². The minimum atomic E-state index is -3.49. The number of sulfonamides is 1. The summed E-state index contributed by atoms with van der Waals surface area (Å²) < 4.78 is 27.2. The summed E-state index contributed by atoms with van der Waals surface area (Å²) in [5, 5.41) is 9.22. The molecule has 0 aliphatic rings. The van der Waals surface area contributed by atoms with Crippen molar-refractivity contribution < 1.29 is 13.5 Å².